The Hall–Kier alpha value is -2.70. The van der Waals surface area contributed by atoms with E-state index in [0.717, 1.165) is 5.56 Å². The van der Waals surface area contributed by atoms with Gasteiger partial charge in [-0.25, -0.2) is 4.79 Å². The van der Waals surface area contributed by atoms with E-state index in [4.69, 9.17) is 55.9 Å². The summed E-state index contributed by atoms with van der Waals surface area (Å²) in [4.78, 5) is 24.4. The molecule has 0 aliphatic rings. The highest BCUT2D eigenvalue weighted by Crippen LogP contribution is 2.26. The summed E-state index contributed by atoms with van der Waals surface area (Å²) in [6.07, 6.45) is 1.78. The lowest BCUT2D eigenvalue weighted by atomic mass is 10.2. The first-order chi connectivity index (χ1) is 16.2. The molecule has 0 aliphatic heterocycles. The van der Waals surface area contributed by atoms with Gasteiger partial charge in [0.25, 0.3) is 5.91 Å². The zero-order chi connectivity index (χ0) is 24.7. The van der Waals surface area contributed by atoms with E-state index in [2.05, 4.69) is 5.32 Å². The van der Waals surface area contributed by atoms with E-state index in [0.29, 0.717) is 37.1 Å². The van der Waals surface area contributed by atoms with Crippen LogP contribution >= 0.6 is 46.4 Å². The number of hydrogen-bond donors (Lipinski definition) is 1. The number of anilines is 1. The second-order valence-corrected chi connectivity index (χ2v) is 8.81. The summed E-state index contributed by atoms with van der Waals surface area (Å²) >= 11 is 24.1. The van der Waals surface area contributed by atoms with Gasteiger partial charge in [-0.15, -0.1) is 0 Å². The van der Waals surface area contributed by atoms with Crippen LogP contribution in [0.3, 0.4) is 0 Å². The van der Waals surface area contributed by atoms with Crippen LogP contribution in [0.4, 0.5) is 5.69 Å². The Kier molecular flexibility index (Phi) is 9.25. The van der Waals surface area contributed by atoms with Crippen molar-refractivity contribution in [1.29, 1.82) is 0 Å². The number of halogens is 4. The van der Waals surface area contributed by atoms with E-state index < -0.39 is 18.0 Å². The van der Waals surface area contributed by atoms with E-state index >= 15 is 0 Å². The molecule has 3 rings (SSSR count). The molecule has 0 saturated heterocycles. The van der Waals surface area contributed by atoms with Crippen LogP contribution in [0.1, 0.15) is 18.1 Å². The molecule has 3 aromatic rings. The number of esters is 1. The first kappa shape index (κ1) is 25.9. The summed E-state index contributed by atoms with van der Waals surface area (Å²) in [6.45, 7) is 1.69. The lowest BCUT2D eigenvalue weighted by Gasteiger charge is -2.13. The fraction of sp³-hybridized carbons (Fsp3) is 0.120. The van der Waals surface area contributed by atoms with E-state index in [1.165, 1.54) is 25.1 Å². The lowest BCUT2D eigenvalue weighted by molar-refractivity contribution is -0.148. The predicted molar refractivity (Wildman–Crippen MR) is 137 cm³/mol. The van der Waals surface area contributed by atoms with E-state index in [1.807, 2.05) is 0 Å². The van der Waals surface area contributed by atoms with Crippen LogP contribution in [-0.2, 0) is 20.9 Å². The zero-order valence-electron chi connectivity index (χ0n) is 17.9. The fourth-order valence-corrected chi connectivity index (χ4v) is 3.83. The van der Waals surface area contributed by atoms with Crippen molar-refractivity contribution >= 4 is 70.0 Å². The number of ether oxygens (including phenoxy) is 2. The van der Waals surface area contributed by atoms with Gasteiger partial charge in [0.05, 0.1) is 0 Å². The first-order valence-electron chi connectivity index (χ1n) is 10.0. The monoisotopic (exact) mass is 537 g/mol. The van der Waals surface area contributed by atoms with Gasteiger partial charge in [0.15, 0.2) is 6.10 Å². The third kappa shape index (κ3) is 7.67. The van der Waals surface area contributed by atoms with Gasteiger partial charge in [0, 0.05) is 37.4 Å². The fourth-order valence-electron chi connectivity index (χ4n) is 2.80. The average molecular weight is 539 g/mol. The second-order valence-electron chi connectivity index (χ2n) is 7.12. The second kappa shape index (κ2) is 12.1. The van der Waals surface area contributed by atoms with Crippen molar-refractivity contribution in [3.05, 3.63) is 98.0 Å². The van der Waals surface area contributed by atoms with Crippen molar-refractivity contribution in [2.75, 3.05) is 5.32 Å². The lowest BCUT2D eigenvalue weighted by Crippen LogP contribution is -2.29. The van der Waals surface area contributed by atoms with E-state index in [9.17, 15) is 9.59 Å². The third-order valence-corrected chi connectivity index (χ3v) is 5.67. The van der Waals surface area contributed by atoms with Crippen molar-refractivity contribution in [2.24, 2.45) is 0 Å². The molecule has 176 valence electrons. The summed E-state index contributed by atoms with van der Waals surface area (Å²) in [5, 5.41) is 4.41. The molecule has 1 amide bonds. The summed E-state index contributed by atoms with van der Waals surface area (Å²) in [7, 11) is 0. The predicted octanol–water partition coefficient (Wildman–Crippen LogP) is 7.46. The maximum absolute atomic E-state index is 12.3. The molecule has 1 unspecified atom stereocenters. The molecular formula is C25H19Cl4NO4. The number of hydrogen-bond acceptors (Lipinski definition) is 4. The van der Waals surface area contributed by atoms with Gasteiger partial charge in [0.2, 0.25) is 0 Å². The highest BCUT2D eigenvalue weighted by atomic mass is 35.5. The quantitative estimate of drug-likeness (QED) is 0.239. The van der Waals surface area contributed by atoms with Crippen LogP contribution < -0.4 is 10.1 Å². The van der Waals surface area contributed by atoms with Crippen LogP contribution in [0.2, 0.25) is 20.1 Å². The SMILES string of the molecule is CC(OC(=O)/C=C/c1ccc(OCc2c(Cl)cccc2Cl)cc1)C(=O)Nc1cc(Cl)cc(Cl)c1. The van der Waals surface area contributed by atoms with Gasteiger partial charge >= 0.3 is 5.97 Å². The number of amides is 1. The van der Waals surface area contributed by atoms with E-state index in [1.54, 1.807) is 54.6 Å². The van der Waals surface area contributed by atoms with Crippen LogP contribution in [0, 0.1) is 0 Å². The van der Waals surface area contributed by atoms with Crippen LogP contribution in [0.25, 0.3) is 6.08 Å². The largest absolute Gasteiger partial charge is 0.489 e. The normalized spacial score (nSPS) is 11.8. The average Bonchev–Trinajstić information content (AvgIpc) is 2.77. The number of nitrogens with one attached hydrogen (secondary N) is 1. The topological polar surface area (TPSA) is 64.6 Å². The molecule has 5 nitrogen and oxygen atoms in total. The highest BCUT2D eigenvalue weighted by Gasteiger charge is 2.17. The summed E-state index contributed by atoms with van der Waals surface area (Å²) in [5.41, 5.74) is 1.85. The molecule has 1 atom stereocenters. The molecule has 0 radical (unpaired) electrons. The van der Waals surface area contributed by atoms with Crippen molar-refractivity contribution < 1.29 is 19.1 Å². The van der Waals surface area contributed by atoms with Crippen molar-refractivity contribution in [3.63, 3.8) is 0 Å². The molecule has 3 aromatic carbocycles. The van der Waals surface area contributed by atoms with Gasteiger partial charge in [0.1, 0.15) is 12.4 Å². The van der Waals surface area contributed by atoms with Gasteiger partial charge in [-0.3, -0.25) is 4.79 Å². The third-order valence-electron chi connectivity index (χ3n) is 4.53. The molecule has 0 aromatic heterocycles. The molecule has 0 fully saturated rings. The standard InChI is InChI=1S/C25H19Cl4NO4/c1-15(25(32)30-19-12-17(26)11-18(27)13-19)34-24(31)10-7-16-5-8-20(9-6-16)33-14-21-22(28)3-2-4-23(21)29/h2-13,15H,14H2,1H3,(H,30,32)/b10-7+. The Bertz CT molecular complexity index is 1170. The highest BCUT2D eigenvalue weighted by molar-refractivity contribution is 6.36. The first-order valence-corrected chi connectivity index (χ1v) is 11.5. The van der Waals surface area contributed by atoms with Crippen molar-refractivity contribution in [2.45, 2.75) is 19.6 Å². The van der Waals surface area contributed by atoms with Crippen LogP contribution in [0.15, 0.2) is 66.7 Å². The summed E-state index contributed by atoms with van der Waals surface area (Å²) in [6, 6.07) is 16.9. The van der Waals surface area contributed by atoms with Gasteiger partial charge in [-0.05, 0) is 61.0 Å². The molecule has 0 saturated carbocycles. The molecule has 9 heteroatoms. The Balaban J connectivity index is 1.50. The molecule has 0 aliphatic carbocycles. The van der Waals surface area contributed by atoms with Crippen LogP contribution in [-0.4, -0.2) is 18.0 Å². The number of carbonyl (C=O) groups excluding carboxylic acids is 2. The van der Waals surface area contributed by atoms with E-state index in [-0.39, 0.29) is 6.61 Å². The Morgan fingerprint density at radius 1 is 0.941 bits per heavy atom. The molecule has 1 N–H and O–H groups in total. The molecule has 34 heavy (non-hydrogen) atoms. The zero-order valence-corrected chi connectivity index (χ0v) is 20.9. The van der Waals surface area contributed by atoms with Crippen molar-refractivity contribution in [3.8, 4) is 5.75 Å². The Morgan fingerprint density at radius 2 is 1.56 bits per heavy atom. The number of carbonyl (C=O) groups is 2. The molecule has 0 spiro atoms. The Morgan fingerprint density at radius 3 is 2.18 bits per heavy atom. The molecule has 0 bridgehead atoms. The number of rotatable bonds is 8. The Labute approximate surface area is 217 Å². The molecular weight excluding hydrogens is 520 g/mol. The summed E-state index contributed by atoms with van der Waals surface area (Å²) < 4.78 is 10.9. The van der Waals surface area contributed by atoms with Crippen LogP contribution in [0.5, 0.6) is 5.75 Å². The summed E-state index contributed by atoms with van der Waals surface area (Å²) in [5.74, 6) is -0.567. The van der Waals surface area contributed by atoms with Gasteiger partial charge < -0.3 is 14.8 Å². The minimum Gasteiger partial charge on any atom is -0.489 e. The maximum Gasteiger partial charge on any atom is 0.331 e. The number of benzene rings is 3. The van der Waals surface area contributed by atoms with Gasteiger partial charge in [-0.1, -0.05) is 64.6 Å². The minimum atomic E-state index is -1.03. The smallest absolute Gasteiger partial charge is 0.331 e. The minimum absolute atomic E-state index is 0.224. The molecule has 0 heterocycles. The van der Waals surface area contributed by atoms with Crippen molar-refractivity contribution in [1.82, 2.24) is 0 Å². The van der Waals surface area contributed by atoms with Gasteiger partial charge in [-0.2, -0.15) is 0 Å². The maximum atomic E-state index is 12.3.